The SMILES string of the molecule is COc1cc(/C=C/C(=O)OC2C(Oc3cc(O)cc4c3C[C@H](O)[C@@H](c3ccc(O)c(O)c3)O4)OC(COC(=O)/C=C/c3ccc(O)cc3)C(O)C2O)ccc1O. The summed E-state index contributed by atoms with van der Waals surface area (Å²) in [5, 5.41) is 83.2. The highest BCUT2D eigenvalue weighted by atomic mass is 16.7. The fourth-order valence-electron chi connectivity index (χ4n) is 6.04. The predicted molar refractivity (Wildman–Crippen MR) is 194 cm³/mol. The van der Waals surface area contributed by atoms with Crippen LogP contribution in [-0.4, -0.2) is 103 Å². The Bertz CT molecular complexity index is 2110. The average molecular weight is 775 g/mol. The first-order valence-corrected chi connectivity index (χ1v) is 17.1. The van der Waals surface area contributed by atoms with E-state index in [-0.39, 0.29) is 52.2 Å². The number of aliphatic hydroxyl groups is 3. The van der Waals surface area contributed by atoms with Crippen molar-refractivity contribution >= 4 is 24.1 Å². The quantitative estimate of drug-likeness (QED) is 0.0620. The number of esters is 2. The molecule has 0 aromatic heterocycles. The first kappa shape index (κ1) is 39.2. The molecule has 0 spiro atoms. The maximum Gasteiger partial charge on any atom is 0.331 e. The summed E-state index contributed by atoms with van der Waals surface area (Å²) in [6, 6.07) is 16.6. The van der Waals surface area contributed by atoms with Crippen molar-refractivity contribution in [3.8, 4) is 46.0 Å². The van der Waals surface area contributed by atoms with Crippen LogP contribution in [0.2, 0.25) is 0 Å². The number of ether oxygens (including phenoxy) is 6. The molecule has 56 heavy (non-hydrogen) atoms. The maximum absolute atomic E-state index is 13.1. The number of hydrogen-bond acceptors (Lipinski definition) is 16. The number of rotatable bonds is 11. The van der Waals surface area contributed by atoms with Gasteiger partial charge in [0.25, 0.3) is 0 Å². The smallest absolute Gasteiger partial charge is 0.331 e. The van der Waals surface area contributed by atoms with Crippen LogP contribution >= 0.6 is 0 Å². The summed E-state index contributed by atoms with van der Waals surface area (Å²) < 4.78 is 33.9. The largest absolute Gasteiger partial charge is 0.508 e. The molecule has 0 radical (unpaired) electrons. The Labute approximate surface area is 318 Å². The Kier molecular flexibility index (Phi) is 11.9. The zero-order valence-corrected chi connectivity index (χ0v) is 29.5. The summed E-state index contributed by atoms with van der Waals surface area (Å²) in [6.45, 7) is -0.596. The Morgan fingerprint density at radius 2 is 1.45 bits per heavy atom. The van der Waals surface area contributed by atoms with Crippen molar-refractivity contribution in [2.24, 2.45) is 0 Å². The van der Waals surface area contributed by atoms with E-state index >= 15 is 0 Å². The van der Waals surface area contributed by atoms with Crippen LogP contribution < -0.4 is 14.2 Å². The number of benzene rings is 4. The summed E-state index contributed by atoms with van der Waals surface area (Å²) in [5.74, 6) is -3.02. The van der Waals surface area contributed by atoms with Gasteiger partial charge in [-0.05, 0) is 65.2 Å². The minimum absolute atomic E-state index is 0.0378. The van der Waals surface area contributed by atoms with Gasteiger partial charge in [0.05, 0.1) is 13.2 Å². The molecule has 0 amide bonds. The lowest BCUT2D eigenvalue weighted by Gasteiger charge is -2.41. The Morgan fingerprint density at radius 1 is 0.750 bits per heavy atom. The molecule has 16 heteroatoms. The van der Waals surface area contributed by atoms with Crippen LogP contribution in [-0.2, 0) is 30.2 Å². The first-order chi connectivity index (χ1) is 26.8. The summed E-state index contributed by atoms with van der Waals surface area (Å²) in [4.78, 5) is 25.7. The van der Waals surface area contributed by atoms with Crippen molar-refractivity contribution in [3.05, 3.63) is 107 Å². The highest BCUT2D eigenvalue weighted by Crippen LogP contribution is 2.44. The first-order valence-electron chi connectivity index (χ1n) is 17.1. The van der Waals surface area contributed by atoms with Gasteiger partial charge < -0.3 is 69.3 Å². The van der Waals surface area contributed by atoms with E-state index in [0.717, 1.165) is 12.2 Å². The topological polar surface area (TPSA) is 251 Å². The lowest BCUT2D eigenvalue weighted by molar-refractivity contribution is -0.282. The van der Waals surface area contributed by atoms with E-state index in [9.17, 15) is 50.4 Å². The third-order valence-electron chi connectivity index (χ3n) is 8.95. The lowest BCUT2D eigenvalue weighted by Crippen LogP contribution is -2.61. The number of aromatic hydroxyl groups is 5. The Morgan fingerprint density at radius 3 is 2.18 bits per heavy atom. The van der Waals surface area contributed by atoms with Crippen molar-refractivity contribution in [3.63, 3.8) is 0 Å². The summed E-state index contributed by atoms with van der Waals surface area (Å²) in [6.07, 6.45) is -6.06. The summed E-state index contributed by atoms with van der Waals surface area (Å²) in [7, 11) is 1.35. The van der Waals surface area contributed by atoms with Crippen molar-refractivity contribution in [1.82, 2.24) is 0 Å². The van der Waals surface area contributed by atoms with Gasteiger partial charge in [-0.15, -0.1) is 0 Å². The highest BCUT2D eigenvalue weighted by Gasteiger charge is 2.49. The van der Waals surface area contributed by atoms with Crippen LogP contribution in [0.5, 0.6) is 46.0 Å². The second-order valence-corrected chi connectivity index (χ2v) is 12.8. The average Bonchev–Trinajstić information content (AvgIpc) is 3.17. The molecular formula is C40H38O16. The molecule has 8 N–H and O–H groups in total. The molecule has 4 aromatic rings. The van der Waals surface area contributed by atoms with Gasteiger partial charge in [-0.2, -0.15) is 0 Å². The van der Waals surface area contributed by atoms with Crippen LogP contribution in [0.15, 0.2) is 84.9 Å². The van der Waals surface area contributed by atoms with Crippen molar-refractivity contribution in [1.29, 1.82) is 0 Å². The monoisotopic (exact) mass is 774 g/mol. The second kappa shape index (κ2) is 16.9. The maximum atomic E-state index is 13.1. The summed E-state index contributed by atoms with van der Waals surface area (Å²) >= 11 is 0. The number of carbonyl (C=O) groups is 2. The fraction of sp³-hybridized carbons (Fsp3) is 0.250. The third kappa shape index (κ3) is 9.07. The van der Waals surface area contributed by atoms with E-state index < -0.39 is 67.2 Å². The van der Waals surface area contributed by atoms with Crippen molar-refractivity contribution in [2.75, 3.05) is 13.7 Å². The number of carbonyl (C=O) groups excluding carboxylic acids is 2. The summed E-state index contributed by atoms with van der Waals surface area (Å²) in [5.41, 5.74) is 1.57. The lowest BCUT2D eigenvalue weighted by atomic mass is 9.93. The van der Waals surface area contributed by atoms with E-state index in [0.29, 0.717) is 16.7 Å². The zero-order chi connectivity index (χ0) is 40.1. The molecule has 0 aliphatic carbocycles. The van der Waals surface area contributed by atoms with Crippen LogP contribution in [0, 0.1) is 0 Å². The van der Waals surface area contributed by atoms with Gasteiger partial charge in [0.15, 0.2) is 29.1 Å². The fourth-order valence-corrected chi connectivity index (χ4v) is 6.04. The van der Waals surface area contributed by atoms with E-state index in [1.165, 1.54) is 79.9 Å². The third-order valence-corrected chi connectivity index (χ3v) is 8.95. The predicted octanol–water partition coefficient (Wildman–Crippen LogP) is 2.97. The van der Waals surface area contributed by atoms with Gasteiger partial charge in [0, 0.05) is 36.3 Å². The van der Waals surface area contributed by atoms with E-state index in [1.54, 1.807) is 12.1 Å². The number of phenols is 5. The molecular weight excluding hydrogens is 736 g/mol. The van der Waals surface area contributed by atoms with Crippen LogP contribution in [0.25, 0.3) is 12.2 Å². The zero-order valence-electron chi connectivity index (χ0n) is 29.5. The number of hydrogen-bond donors (Lipinski definition) is 8. The van der Waals surface area contributed by atoms with Crippen LogP contribution in [0.3, 0.4) is 0 Å². The van der Waals surface area contributed by atoms with E-state index in [2.05, 4.69) is 0 Å². The molecule has 2 aliphatic rings. The van der Waals surface area contributed by atoms with Gasteiger partial charge in [0.1, 0.15) is 54.0 Å². The molecule has 1 fully saturated rings. The molecule has 16 nitrogen and oxygen atoms in total. The number of fused-ring (bicyclic) bond motifs is 1. The second-order valence-electron chi connectivity index (χ2n) is 12.8. The number of methoxy groups -OCH3 is 1. The molecule has 0 saturated carbocycles. The normalized spacial score (nSPS) is 23.2. The van der Waals surface area contributed by atoms with E-state index in [1.807, 2.05) is 0 Å². The minimum atomic E-state index is -1.88. The molecule has 4 aromatic carbocycles. The molecule has 7 atom stereocenters. The molecule has 0 bridgehead atoms. The Balaban J connectivity index is 1.24. The van der Waals surface area contributed by atoms with Crippen molar-refractivity contribution < 1.29 is 78.9 Å². The Hall–Kier alpha value is -6.46. The highest BCUT2D eigenvalue weighted by molar-refractivity contribution is 5.88. The van der Waals surface area contributed by atoms with E-state index in [4.69, 9.17) is 28.4 Å². The molecule has 2 aliphatic heterocycles. The molecule has 1 saturated heterocycles. The van der Waals surface area contributed by atoms with Crippen molar-refractivity contribution in [2.45, 2.75) is 49.3 Å². The van der Waals surface area contributed by atoms with Gasteiger partial charge in [-0.1, -0.05) is 24.3 Å². The van der Waals surface area contributed by atoms with Gasteiger partial charge in [-0.3, -0.25) is 0 Å². The van der Waals surface area contributed by atoms with Crippen LogP contribution in [0.4, 0.5) is 0 Å². The van der Waals surface area contributed by atoms with Gasteiger partial charge in [0.2, 0.25) is 6.29 Å². The standard InChI is InChI=1S/C40H38O16/c1-51-32-14-21(4-10-27(32)44)6-13-35(48)56-39-37(50)36(49)33(19-52-34(47)12-5-20-2-8-23(41)9-3-20)55-40(39)54-31-17-24(42)16-30-25(31)18-29(46)38(53-30)22-7-11-26(43)28(45)15-22/h2-17,29,33,36-46,49-50H,18-19H2,1H3/b12-5+,13-6+/t29-,33?,36?,37?,38+,39?,40?/m0/s1. The number of phenolic OH excluding ortho intramolecular Hbond substituents is 5. The minimum Gasteiger partial charge on any atom is -0.508 e. The van der Waals surface area contributed by atoms with Crippen LogP contribution in [0.1, 0.15) is 28.4 Å². The number of aliphatic hydroxyl groups excluding tert-OH is 3. The van der Waals surface area contributed by atoms with Gasteiger partial charge >= 0.3 is 11.9 Å². The van der Waals surface area contributed by atoms with Gasteiger partial charge in [-0.25, -0.2) is 9.59 Å². The molecule has 5 unspecified atom stereocenters. The molecule has 2 heterocycles. The molecule has 6 rings (SSSR count). The molecule has 294 valence electrons.